The van der Waals surface area contributed by atoms with Crippen molar-refractivity contribution in [2.45, 2.75) is 78.8 Å². The van der Waals surface area contributed by atoms with E-state index in [1.54, 1.807) is 0 Å². The van der Waals surface area contributed by atoms with Crippen molar-refractivity contribution in [1.82, 2.24) is 14.9 Å². The molecular weight excluding hydrogens is 294 g/mol. The Kier molecular flexibility index (Phi) is 4.42. The van der Waals surface area contributed by atoms with Crippen LogP contribution in [0.4, 0.5) is 0 Å². The number of hydrogen-bond acceptors (Lipinski definition) is 2. The molecule has 0 aliphatic rings. The lowest BCUT2D eigenvalue weighted by molar-refractivity contribution is 0.0923. The SMILES string of the molecule is Cn1c(C(C)(C)C(C)(C)NC(C)(C)C(C)(C)C)nc2ccccc21. The van der Waals surface area contributed by atoms with Crippen LogP contribution in [0, 0.1) is 5.41 Å². The quantitative estimate of drug-likeness (QED) is 0.851. The molecule has 0 amide bonds. The maximum Gasteiger partial charge on any atom is 0.117 e. The fourth-order valence-electron chi connectivity index (χ4n) is 3.11. The molecule has 0 fully saturated rings. The van der Waals surface area contributed by atoms with Gasteiger partial charge >= 0.3 is 0 Å². The van der Waals surface area contributed by atoms with E-state index in [1.807, 2.05) is 0 Å². The lowest BCUT2D eigenvalue weighted by Crippen LogP contribution is -2.64. The van der Waals surface area contributed by atoms with Crippen molar-refractivity contribution in [2.75, 3.05) is 0 Å². The third-order valence-corrected chi connectivity index (χ3v) is 6.41. The predicted octanol–water partition coefficient (Wildman–Crippen LogP) is 5.04. The average molecular weight is 330 g/mol. The summed E-state index contributed by atoms with van der Waals surface area (Å²) < 4.78 is 2.24. The van der Waals surface area contributed by atoms with Crippen LogP contribution < -0.4 is 5.32 Å². The van der Waals surface area contributed by atoms with E-state index in [4.69, 9.17) is 4.98 Å². The summed E-state index contributed by atoms with van der Waals surface area (Å²) in [6.45, 7) is 20.6. The Labute approximate surface area is 147 Å². The van der Waals surface area contributed by atoms with E-state index in [0.29, 0.717) is 0 Å². The third-order valence-electron chi connectivity index (χ3n) is 6.41. The van der Waals surface area contributed by atoms with Crippen LogP contribution in [0.15, 0.2) is 24.3 Å². The maximum absolute atomic E-state index is 4.97. The Morgan fingerprint density at radius 3 is 1.88 bits per heavy atom. The monoisotopic (exact) mass is 329 g/mol. The summed E-state index contributed by atoms with van der Waals surface area (Å²) in [6, 6.07) is 8.36. The highest BCUT2D eigenvalue weighted by Crippen LogP contribution is 2.39. The molecule has 24 heavy (non-hydrogen) atoms. The lowest BCUT2D eigenvalue weighted by Gasteiger charge is -2.51. The zero-order valence-corrected chi connectivity index (χ0v) is 17.2. The Bertz CT molecular complexity index is 727. The number of imidazole rings is 1. The highest BCUT2D eigenvalue weighted by atomic mass is 15.1. The maximum atomic E-state index is 4.97. The summed E-state index contributed by atoms with van der Waals surface area (Å²) in [5.41, 5.74) is 2.15. The smallest absolute Gasteiger partial charge is 0.117 e. The number of nitrogens with zero attached hydrogens (tertiary/aromatic N) is 2. The van der Waals surface area contributed by atoms with Crippen molar-refractivity contribution in [3.63, 3.8) is 0 Å². The largest absolute Gasteiger partial charge is 0.331 e. The Morgan fingerprint density at radius 1 is 0.833 bits per heavy atom. The van der Waals surface area contributed by atoms with Crippen LogP contribution in [-0.2, 0) is 12.5 Å². The first-order valence-electron chi connectivity index (χ1n) is 8.92. The Morgan fingerprint density at radius 2 is 1.38 bits per heavy atom. The molecule has 0 atom stereocenters. The third kappa shape index (κ3) is 2.99. The second kappa shape index (κ2) is 5.59. The van der Waals surface area contributed by atoms with Gasteiger partial charge in [0.25, 0.3) is 0 Å². The van der Waals surface area contributed by atoms with Gasteiger partial charge in [0.05, 0.1) is 11.0 Å². The van der Waals surface area contributed by atoms with E-state index < -0.39 is 0 Å². The van der Waals surface area contributed by atoms with Gasteiger partial charge in [0, 0.05) is 23.5 Å². The Hall–Kier alpha value is -1.35. The Balaban J connectivity index is 2.49. The van der Waals surface area contributed by atoms with Crippen LogP contribution in [0.5, 0.6) is 0 Å². The minimum atomic E-state index is -0.136. The van der Waals surface area contributed by atoms with Gasteiger partial charge in [-0.15, -0.1) is 0 Å². The first-order chi connectivity index (χ1) is 10.7. The van der Waals surface area contributed by atoms with Crippen molar-refractivity contribution in [2.24, 2.45) is 12.5 Å². The number of para-hydroxylation sites is 2. The average Bonchev–Trinajstić information content (AvgIpc) is 2.74. The molecule has 1 N–H and O–H groups in total. The molecule has 3 heteroatoms. The van der Waals surface area contributed by atoms with Gasteiger partial charge in [-0.05, 0) is 45.2 Å². The minimum absolute atomic E-state index is 0.00163. The molecule has 134 valence electrons. The van der Waals surface area contributed by atoms with E-state index in [9.17, 15) is 0 Å². The first-order valence-corrected chi connectivity index (χ1v) is 8.92. The summed E-state index contributed by atoms with van der Waals surface area (Å²) in [4.78, 5) is 4.97. The van der Waals surface area contributed by atoms with Crippen LogP contribution in [0.25, 0.3) is 11.0 Å². The zero-order valence-electron chi connectivity index (χ0n) is 17.2. The normalized spacial score (nSPS) is 14.4. The van der Waals surface area contributed by atoms with Crippen molar-refractivity contribution >= 4 is 11.0 Å². The topological polar surface area (TPSA) is 29.9 Å². The highest BCUT2D eigenvalue weighted by molar-refractivity contribution is 5.76. The van der Waals surface area contributed by atoms with Gasteiger partial charge in [0.2, 0.25) is 0 Å². The molecule has 1 aromatic carbocycles. The highest BCUT2D eigenvalue weighted by Gasteiger charge is 2.46. The van der Waals surface area contributed by atoms with Crippen molar-refractivity contribution < 1.29 is 0 Å². The molecule has 2 rings (SSSR count). The number of benzene rings is 1. The number of hydrogen-bond donors (Lipinski definition) is 1. The molecule has 3 nitrogen and oxygen atoms in total. The van der Waals surface area contributed by atoms with Crippen molar-refractivity contribution in [3.8, 4) is 0 Å². The van der Waals surface area contributed by atoms with E-state index >= 15 is 0 Å². The fourth-order valence-corrected chi connectivity index (χ4v) is 3.11. The molecule has 0 bridgehead atoms. The fraction of sp³-hybridized carbons (Fsp3) is 0.667. The zero-order chi connectivity index (χ0) is 18.6. The number of aromatic nitrogens is 2. The predicted molar refractivity (Wildman–Crippen MR) is 104 cm³/mol. The number of aryl methyl sites for hydroxylation is 1. The van der Waals surface area contributed by atoms with Crippen LogP contribution in [0.1, 0.15) is 68.1 Å². The summed E-state index contributed by atoms with van der Waals surface area (Å²) in [5, 5.41) is 3.93. The summed E-state index contributed by atoms with van der Waals surface area (Å²) in [7, 11) is 2.12. The first kappa shape index (κ1) is 19.0. The van der Waals surface area contributed by atoms with Crippen LogP contribution in [0.2, 0.25) is 0 Å². The van der Waals surface area contributed by atoms with Crippen molar-refractivity contribution in [3.05, 3.63) is 30.1 Å². The van der Waals surface area contributed by atoms with Gasteiger partial charge < -0.3 is 9.88 Å². The number of nitrogens with one attached hydrogen (secondary N) is 1. The van der Waals surface area contributed by atoms with E-state index in [2.05, 4.69) is 104 Å². The standard InChI is InChI=1S/C21H35N3/c1-18(2,3)20(6,7)23-21(8,9)19(4,5)17-22-15-13-11-12-14-16(15)24(17)10/h11-14,23H,1-10H3. The van der Waals surface area contributed by atoms with E-state index in [0.717, 1.165) is 11.3 Å². The van der Waals surface area contributed by atoms with Gasteiger partial charge in [-0.3, -0.25) is 0 Å². The van der Waals surface area contributed by atoms with Gasteiger partial charge in [-0.1, -0.05) is 46.8 Å². The van der Waals surface area contributed by atoms with Crippen LogP contribution >= 0.6 is 0 Å². The van der Waals surface area contributed by atoms with Gasteiger partial charge in [0.1, 0.15) is 5.82 Å². The van der Waals surface area contributed by atoms with E-state index in [-0.39, 0.29) is 21.9 Å². The summed E-state index contributed by atoms with van der Waals surface area (Å²) in [5.74, 6) is 1.12. The molecule has 0 saturated carbocycles. The molecule has 1 aromatic heterocycles. The minimum Gasteiger partial charge on any atom is -0.331 e. The van der Waals surface area contributed by atoms with Crippen molar-refractivity contribution in [1.29, 1.82) is 0 Å². The van der Waals surface area contributed by atoms with Gasteiger partial charge in [-0.25, -0.2) is 4.98 Å². The molecule has 0 unspecified atom stereocenters. The second-order valence-electron chi connectivity index (χ2n) is 9.73. The summed E-state index contributed by atoms with van der Waals surface area (Å²) in [6.07, 6.45) is 0. The van der Waals surface area contributed by atoms with Gasteiger partial charge in [-0.2, -0.15) is 0 Å². The lowest BCUT2D eigenvalue weighted by atomic mass is 9.69. The molecule has 0 aliphatic carbocycles. The van der Waals surface area contributed by atoms with Crippen LogP contribution in [-0.4, -0.2) is 20.6 Å². The summed E-state index contributed by atoms with van der Waals surface area (Å²) >= 11 is 0. The van der Waals surface area contributed by atoms with Crippen LogP contribution in [0.3, 0.4) is 0 Å². The molecule has 1 heterocycles. The molecule has 0 saturated heterocycles. The molecule has 0 radical (unpaired) electrons. The second-order valence-corrected chi connectivity index (χ2v) is 9.73. The van der Waals surface area contributed by atoms with Gasteiger partial charge in [0.15, 0.2) is 0 Å². The number of rotatable bonds is 4. The van der Waals surface area contributed by atoms with E-state index in [1.165, 1.54) is 5.52 Å². The molecule has 0 spiro atoms. The number of fused-ring (bicyclic) bond motifs is 1. The molecular formula is C21H35N3. The molecule has 2 aromatic rings. The molecule has 0 aliphatic heterocycles.